The minimum atomic E-state index is -4.22. The third-order valence-corrected chi connectivity index (χ3v) is 3.95. The zero-order valence-corrected chi connectivity index (χ0v) is 13.2. The second-order valence-electron chi connectivity index (χ2n) is 5.96. The molecule has 1 aliphatic rings. The van der Waals surface area contributed by atoms with E-state index in [1.54, 1.807) is 10.9 Å². The summed E-state index contributed by atoms with van der Waals surface area (Å²) in [5.74, 6) is -0.326. The van der Waals surface area contributed by atoms with Gasteiger partial charge in [-0.15, -0.1) is 0 Å². The molecule has 1 aromatic rings. The van der Waals surface area contributed by atoms with E-state index in [2.05, 4.69) is 15.7 Å². The predicted molar refractivity (Wildman–Crippen MR) is 78.9 cm³/mol. The van der Waals surface area contributed by atoms with Crippen molar-refractivity contribution >= 4 is 5.91 Å². The molecule has 1 aliphatic heterocycles. The number of aryl methyl sites for hydroxylation is 1. The van der Waals surface area contributed by atoms with E-state index in [1.165, 1.54) is 7.05 Å². The van der Waals surface area contributed by atoms with E-state index in [0.29, 0.717) is 13.1 Å². The van der Waals surface area contributed by atoms with Gasteiger partial charge in [0.2, 0.25) is 5.91 Å². The lowest BCUT2D eigenvalue weighted by molar-refractivity contribution is -0.142. The first-order chi connectivity index (χ1) is 10.8. The highest BCUT2D eigenvalue weighted by Gasteiger charge is 2.34. The number of halogens is 3. The molecule has 2 rings (SSSR count). The Morgan fingerprint density at radius 2 is 2.26 bits per heavy atom. The highest BCUT2D eigenvalue weighted by Crippen LogP contribution is 2.27. The van der Waals surface area contributed by atoms with Gasteiger partial charge in [-0.2, -0.15) is 18.3 Å². The van der Waals surface area contributed by atoms with Crippen LogP contribution in [0.3, 0.4) is 0 Å². The van der Waals surface area contributed by atoms with Crippen LogP contribution in [0.2, 0.25) is 0 Å². The van der Waals surface area contributed by atoms with Crippen molar-refractivity contribution in [3.63, 3.8) is 0 Å². The molecule has 2 N–H and O–H groups in total. The van der Waals surface area contributed by atoms with Gasteiger partial charge in [0.1, 0.15) is 0 Å². The van der Waals surface area contributed by atoms with Crippen molar-refractivity contribution in [2.45, 2.75) is 12.1 Å². The van der Waals surface area contributed by atoms with Crippen LogP contribution in [0.5, 0.6) is 0 Å². The molecule has 0 saturated carbocycles. The molecular formula is C14H22F3N5O. The Labute approximate surface area is 133 Å². The van der Waals surface area contributed by atoms with E-state index in [0.717, 1.165) is 10.5 Å². The lowest BCUT2D eigenvalue weighted by Crippen LogP contribution is -2.40. The van der Waals surface area contributed by atoms with E-state index in [4.69, 9.17) is 0 Å². The van der Waals surface area contributed by atoms with Gasteiger partial charge in [0, 0.05) is 45.3 Å². The number of nitrogens with one attached hydrogen (secondary N) is 2. The largest absolute Gasteiger partial charge is 0.401 e. The van der Waals surface area contributed by atoms with Crippen LogP contribution in [0.15, 0.2) is 12.4 Å². The maximum Gasteiger partial charge on any atom is 0.401 e. The minimum Gasteiger partial charge on any atom is -0.355 e. The number of amides is 1. The third kappa shape index (κ3) is 5.21. The van der Waals surface area contributed by atoms with Crippen LogP contribution in [-0.2, 0) is 11.8 Å². The summed E-state index contributed by atoms with van der Waals surface area (Å²) in [6.45, 7) is 0.623. The first-order valence-corrected chi connectivity index (χ1v) is 7.48. The zero-order valence-electron chi connectivity index (χ0n) is 13.2. The van der Waals surface area contributed by atoms with Gasteiger partial charge >= 0.3 is 6.18 Å². The van der Waals surface area contributed by atoms with Crippen LogP contribution in [0, 0.1) is 5.92 Å². The van der Waals surface area contributed by atoms with Gasteiger partial charge < -0.3 is 10.6 Å². The predicted octanol–water partition coefficient (Wildman–Crippen LogP) is 0.333. The van der Waals surface area contributed by atoms with Crippen LogP contribution in [0.25, 0.3) is 0 Å². The van der Waals surface area contributed by atoms with E-state index in [1.807, 2.05) is 13.2 Å². The van der Waals surface area contributed by atoms with Crippen molar-refractivity contribution in [3.8, 4) is 0 Å². The molecule has 0 radical (unpaired) electrons. The monoisotopic (exact) mass is 333 g/mol. The Balaban J connectivity index is 1.81. The molecule has 0 aliphatic carbocycles. The third-order valence-electron chi connectivity index (χ3n) is 3.95. The van der Waals surface area contributed by atoms with Gasteiger partial charge in [0.15, 0.2) is 0 Å². The topological polar surface area (TPSA) is 62.2 Å². The summed E-state index contributed by atoms with van der Waals surface area (Å²) in [4.78, 5) is 13.4. The average molecular weight is 333 g/mol. The second-order valence-corrected chi connectivity index (χ2v) is 5.96. The number of likely N-dealkylation sites (N-methyl/N-ethyl adjacent to an activating group) is 1. The number of alkyl halides is 3. The molecule has 0 unspecified atom stereocenters. The summed E-state index contributed by atoms with van der Waals surface area (Å²) in [6, 6.07) is 0. The smallest absolute Gasteiger partial charge is 0.355 e. The number of rotatable bonds is 6. The molecular weight excluding hydrogens is 311 g/mol. The highest BCUT2D eigenvalue weighted by atomic mass is 19.4. The lowest BCUT2D eigenvalue weighted by Gasteiger charge is -2.20. The highest BCUT2D eigenvalue weighted by molar-refractivity contribution is 5.80. The molecule has 0 bridgehead atoms. The quantitative estimate of drug-likeness (QED) is 0.788. The number of hydrogen-bond donors (Lipinski definition) is 2. The average Bonchev–Trinajstić information content (AvgIpc) is 3.04. The first kappa shape index (κ1) is 17.7. The second kappa shape index (κ2) is 7.31. The Kier molecular flexibility index (Phi) is 5.64. The molecule has 1 aromatic heterocycles. The summed E-state index contributed by atoms with van der Waals surface area (Å²) in [5.41, 5.74) is 0.992. The SMILES string of the molecule is CN(CCNC(=O)[C@H]1CNC[C@@H]1c1cnn(C)c1)CC(F)(F)F. The zero-order chi connectivity index (χ0) is 17.0. The molecule has 130 valence electrons. The van der Waals surface area contributed by atoms with Crippen LogP contribution >= 0.6 is 0 Å². The number of carbonyl (C=O) groups excluding carboxylic acids is 1. The molecule has 23 heavy (non-hydrogen) atoms. The van der Waals surface area contributed by atoms with Gasteiger partial charge in [-0.25, -0.2) is 0 Å². The fraction of sp³-hybridized carbons (Fsp3) is 0.714. The number of nitrogens with zero attached hydrogens (tertiary/aromatic N) is 3. The fourth-order valence-electron chi connectivity index (χ4n) is 2.82. The molecule has 0 aromatic carbocycles. The summed E-state index contributed by atoms with van der Waals surface area (Å²) in [7, 11) is 3.20. The molecule has 1 amide bonds. The van der Waals surface area contributed by atoms with Crippen molar-refractivity contribution < 1.29 is 18.0 Å². The number of hydrogen-bond acceptors (Lipinski definition) is 4. The van der Waals surface area contributed by atoms with Crippen molar-refractivity contribution in [2.75, 3.05) is 39.8 Å². The Bertz CT molecular complexity index is 531. The molecule has 9 heteroatoms. The molecule has 2 heterocycles. The first-order valence-electron chi connectivity index (χ1n) is 7.48. The van der Waals surface area contributed by atoms with Gasteiger partial charge in [0.05, 0.1) is 18.7 Å². The summed E-state index contributed by atoms with van der Waals surface area (Å²) in [6.07, 6.45) is -0.594. The van der Waals surface area contributed by atoms with E-state index in [9.17, 15) is 18.0 Å². The van der Waals surface area contributed by atoms with Gasteiger partial charge in [-0.3, -0.25) is 14.4 Å². The van der Waals surface area contributed by atoms with Crippen LogP contribution in [0.1, 0.15) is 11.5 Å². The molecule has 2 atom stereocenters. The van der Waals surface area contributed by atoms with Crippen molar-refractivity contribution in [3.05, 3.63) is 18.0 Å². The number of carbonyl (C=O) groups is 1. The molecule has 1 fully saturated rings. The Morgan fingerprint density at radius 3 is 2.87 bits per heavy atom. The van der Waals surface area contributed by atoms with Crippen molar-refractivity contribution in [1.82, 2.24) is 25.3 Å². The summed E-state index contributed by atoms with van der Waals surface area (Å²) in [5, 5.41) is 10.0. The van der Waals surface area contributed by atoms with Gasteiger partial charge in [-0.05, 0) is 12.6 Å². The maximum atomic E-state index is 12.3. The van der Waals surface area contributed by atoms with Crippen molar-refractivity contribution in [2.24, 2.45) is 13.0 Å². The lowest BCUT2D eigenvalue weighted by atomic mass is 9.90. The van der Waals surface area contributed by atoms with Gasteiger partial charge in [-0.1, -0.05) is 0 Å². The van der Waals surface area contributed by atoms with E-state index < -0.39 is 12.7 Å². The van der Waals surface area contributed by atoms with Crippen LogP contribution < -0.4 is 10.6 Å². The van der Waals surface area contributed by atoms with Crippen molar-refractivity contribution in [1.29, 1.82) is 0 Å². The summed E-state index contributed by atoms with van der Waals surface area (Å²) < 4.78 is 38.4. The van der Waals surface area contributed by atoms with Gasteiger partial charge in [0.25, 0.3) is 0 Å². The number of aromatic nitrogens is 2. The normalized spacial score (nSPS) is 21.8. The molecule has 0 spiro atoms. The standard InChI is InChI=1S/C14H22F3N5O/c1-21(9-14(15,16)17)4-3-19-13(23)12-7-18-6-11(12)10-5-20-22(2)8-10/h5,8,11-12,18H,3-4,6-7,9H2,1-2H3,(H,19,23)/t11-,12+/m1/s1. The molecule has 1 saturated heterocycles. The van der Waals surface area contributed by atoms with Crippen LogP contribution in [-0.4, -0.2) is 66.5 Å². The Morgan fingerprint density at radius 1 is 1.52 bits per heavy atom. The van der Waals surface area contributed by atoms with Crippen LogP contribution in [0.4, 0.5) is 13.2 Å². The summed E-state index contributed by atoms with van der Waals surface area (Å²) >= 11 is 0. The molecule has 6 nitrogen and oxygen atoms in total. The van der Waals surface area contributed by atoms with E-state index >= 15 is 0 Å². The maximum absolute atomic E-state index is 12.3. The minimum absolute atomic E-state index is 0.0385. The Hall–Kier alpha value is -1.61. The fourth-order valence-corrected chi connectivity index (χ4v) is 2.82. The van der Waals surface area contributed by atoms with E-state index in [-0.39, 0.29) is 30.8 Å².